The first-order chi connectivity index (χ1) is 18.9. The summed E-state index contributed by atoms with van der Waals surface area (Å²) in [6, 6.07) is 16.0. The van der Waals surface area contributed by atoms with E-state index < -0.39 is 33.5 Å². The van der Waals surface area contributed by atoms with Gasteiger partial charge in [0.15, 0.2) is 15.0 Å². The molecule has 0 aliphatic carbocycles. The Hall–Kier alpha value is -3.05. The maximum absolute atomic E-state index is 13.6. The SMILES string of the molecule is CCN(CC)c1ccc(N2C(=NC(=O)[C@@H](Cc3ccccc3)NC(=O)OC(C)(C)C)S[C@H]3CS(=O)(=O)C[C@H]32)cc1. The average Bonchev–Trinajstić information content (AvgIpc) is 3.35. The molecule has 0 aromatic heterocycles. The molecule has 11 heteroatoms. The summed E-state index contributed by atoms with van der Waals surface area (Å²) in [6.45, 7) is 11.2. The number of fused-ring (bicyclic) bond motifs is 1. The van der Waals surface area contributed by atoms with Crippen LogP contribution in [-0.4, -0.2) is 73.1 Å². The third-order valence-corrected chi connectivity index (χ3v) is 10.0. The molecule has 0 bridgehead atoms. The van der Waals surface area contributed by atoms with Gasteiger partial charge in [0, 0.05) is 36.1 Å². The number of anilines is 2. The van der Waals surface area contributed by atoms with E-state index in [0.717, 1.165) is 30.0 Å². The van der Waals surface area contributed by atoms with E-state index in [0.29, 0.717) is 5.17 Å². The first-order valence-electron chi connectivity index (χ1n) is 13.6. The van der Waals surface area contributed by atoms with E-state index in [-0.39, 0.29) is 29.2 Å². The van der Waals surface area contributed by atoms with Crippen LogP contribution in [0.25, 0.3) is 0 Å². The molecular formula is C29H38N4O5S2. The van der Waals surface area contributed by atoms with Crippen LogP contribution in [0.5, 0.6) is 0 Å². The van der Waals surface area contributed by atoms with Crippen molar-refractivity contribution in [1.82, 2.24) is 5.32 Å². The highest BCUT2D eigenvalue weighted by atomic mass is 32.2. The second-order valence-electron chi connectivity index (χ2n) is 11.0. The zero-order valence-electron chi connectivity index (χ0n) is 23.7. The summed E-state index contributed by atoms with van der Waals surface area (Å²) in [5.41, 5.74) is 1.98. The molecule has 2 saturated heterocycles. The lowest BCUT2D eigenvalue weighted by molar-refractivity contribution is -0.119. The third-order valence-electron chi connectivity index (χ3n) is 6.80. The Bertz CT molecular complexity index is 1340. The largest absolute Gasteiger partial charge is 0.444 e. The highest BCUT2D eigenvalue weighted by Gasteiger charge is 2.49. The van der Waals surface area contributed by atoms with Crippen molar-refractivity contribution in [3.63, 3.8) is 0 Å². The molecular weight excluding hydrogens is 548 g/mol. The first kappa shape index (κ1) is 29.9. The normalized spacial score (nSPS) is 21.6. The second-order valence-corrected chi connectivity index (χ2v) is 14.3. The number of rotatable bonds is 8. The molecule has 4 rings (SSSR count). The van der Waals surface area contributed by atoms with Gasteiger partial charge in [-0.1, -0.05) is 42.1 Å². The van der Waals surface area contributed by atoms with E-state index in [4.69, 9.17) is 4.74 Å². The number of carbonyl (C=O) groups is 2. The van der Waals surface area contributed by atoms with E-state index >= 15 is 0 Å². The minimum atomic E-state index is -3.20. The van der Waals surface area contributed by atoms with Gasteiger partial charge in [0.1, 0.15) is 11.6 Å². The van der Waals surface area contributed by atoms with Gasteiger partial charge < -0.3 is 19.9 Å². The summed E-state index contributed by atoms with van der Waals surface area (Å²) < 4.78 is 30.4. The Labute approximate surface area is 241 Å². The number of nitrogens with one attached hydrogen (secondary N) is 1. The van der Waals surface area contributed by atoms with Crippen LogP contribution in [0.15, 0.2) is 59.6 Å². The number of benzene rings is 2. The number of alkyl carbamates (subject to hydrolysis) is 1. The van der Waals surface area contributed by atoms with Crippen LogP contribution in [0.2, 0.25) is 0 Å². The fourth-order valence-corrected chi connectivity index (χ4v) is 8.87. The van der Waals surface area contributed by atoms with Gasteiger partial charge in [-0.05, 0) is 64.4 Å². The van der Waals surface area contributed by atoms with Crippen LogP contribution in [0.3, 0.4) is 0 Å². The highest BCUT2D eigenvalue weighted by Crippen LogP contribution is 2.41. The van der Waals surface area contributed by atoms with Crippen LogP contribution in [0, 0.1) is 0 Å². The van der Waals surface area contributed by atoms with Crippen molar-refractivity contribution in [2.24, 2.45) is 4.99 Å². The molecule has 2 heterocycles. The monoisotopic (exact) mass is 586 g/mol. The lowest BCUT2D eigenvalue weighted by Gasteiger charge is -2.27. The molecule has 2 aromatic carbocycles. The number of ether oxygens (including phenoxy) is 1. The maximum Gasteiger partial charge on any atom is 0.408 e. The van der Waals surface area contributed by atoms with Gasteiger partial charge in [0.25, 0.3) is 5.91 Å². The van der Waals surface area contributed by atoms with Crippen LogP contribution >= 0.6 is 11.8 Å². The van der Waals surface area contributed by atoms with Crippen molar-refractivity contribution >= 4 is 50.1 Å². The summed E-state index contributed by atoms with van der Waals surface area (Å²) in [4.78, 5) is 34.8. The van der Waals surface area contributed by atoms with Gasteiger partial charge >= 0.3 is 6.09 Å². The van der Waals surface area contributed by atoms with E-state index in [2.05, 4.69) is 29.1 Å². The number of aliphatic imine (C=N–C) groups is 1. The molecule has 0 unspecified atom stereocenters. The zero-order chi connectivity index (χ0) is 29.1. The van der Waals surface area contributed by atoms with Gasteiger partial charge in [0.05, 0.1) is 17.5 Å². The molecule has 216 valence electrons. The average molecular weight is 587 g/mol. The van der Waals surface area contributed by atoms with Crippen LogP contribution in [0.1, 0.15) is 40.2 Å². The molecule has 1 N–H and O–H groups in total. The van der Waals surface area contributed by atoms with Crippen molar-refractivity contribution in [2.45, 2.75) is 64.0 Å². The Balaban J connectivity index is 1.65. The van der Waals surface area contributed by atoms with Crippen molar-refractivity contribution in [3.05, 3.63) is 60.2 Å². The van der Waals surface area contributed by atoms with Gasteiger partial charge in [-0.25, -0.2) is 13.2 Å². The van der Waals surface area contributed by atoms with Crippen LogP contribution in [-0.2, 0) is 25.8 Å². The molecule has 0 spiro atoms. The summed E-state index contributed by atoms with van der Waals surface area (Å²) in [5.74, 6) is -0.489. The van der Waals surface area contributed by atoms with E-state index in [9.17, 15) is 18.0 Å². The van der Waals surface area contributed by atoms with Gasteiger partial charge in [-0.2, -0.15) is 4.99 Å². The predicted molar refractivity (Wildman–Crippen MR) is 162 cm³/mol. The standard InChI is InChI=1S/C29H38N4O5S2/c1-6-32(7-2)21-13-15-22(16-14-21)33-24-18-40(36,37)19-25(24)39-27(33)31-26(34)23(17-20-11-9-8-10-12-20)30-28(35)38-29(3,4)5/h8-16,23-25H,6-7,17-19H2,1-5H3,(H,30,35)/t23-,24-,25+/m1/s1. The Morgan fingerprint density at radius 3 is 2.33 bits per heavy atom. The smallest absolute Gasteiger partial charge is 0.408 e. The number of amides is 2. The molecule has 0 radical (unpaired) electrons. The van der Waals surface area contributed by atoms with Crippen molar-refractivity contribution in [1.29, 1.82) is 0 Å². The molecule has 2 amide bonds. The quantitative estimate of drug-likeness (QED) is 0.489. The Morgan fingerprint density at radius 2 is 1.73 bits per heavy atom. The molecule has 0 saturated carbocycles. The number of nitrogens with zero attached hydrogens (tertiary/aromatic N) is 3. The van der Waals surface area contributed by atoms with Gasteiger partial charge in [-0.3, -0.25) is 4.79 Å². The molecule has 40 heavy (non-hydrogen) atoms. The highest BCUT2D eigenvalue weighted by molar-refractivity contribution is 8.16. The number of amidine groups is 1. The predicted octanol–water partition coefficient (Wildman–Crippen LogP) is 4.27. The summed E-state index contributed by atoms with van der Waals surface area (Å²) in [6.07, 6.45) is -0.465. The molecule has 2 aliphatic rings. The molecule has 2 aromatic rings. The van der Waals surface area contributed by atoms with E-state index in [1.54, 1.807) is 20.8 Å². The Morgan fingerprint density at radius 1 is 1.07 bits per heavy atom. The number of sulfone groups is 1. The summed E-state index contributed by atoms with van der Waals surface area (Å²) in [5, 5.41) is 2.91. The topological polar surface area (TPSA) is 108 Å². The first-order valence-corrected chi connectivity index (χ1v) is 16.3. The summed E-state index contributed by atoms with van der Waals surface area (Å²) >= 11 is 1.31. The lowest BCUT2D eigenvalue weighted by atomic mass is 10.1. The molecule has 3 atom stereocenters. The minimum absolute atomic E-state index is 0.000718. The van der Waals surface area contributed by atoms with Gasteiger partial charge in [-0.15, -0.1) is 0 Å². The van der Waals surface area contributed by atoms with E-state index in [1.807, 2.05) is 59.5 Å². The zero-order valence-corrected chi connectivity index (χ0v) is 25.3. The Kier molecular flexibility index (Phi) is 9.14. The number of thioether (sulfide) groups is 1. The summed E-state index contributed by atoms with van der Waals surface area (Å²) in [7, 11) is -3.20. The van der Waals surface area contributed by atoms with Crippen molar-refractivity contribution < 1.29 is 22.7 Å². The number of carbonyl (C=O) groups excluding carboxylic acids is 2. The van der Waals surface area contributed by atoms with Crippen molar-refractivity contribution in [2.75, 3.05) is 34.4 Å². The lowest BCUT2D eigenvalue weighted by Crippen LogP contribution is -2.45. The number of hydrogen-bond acceptors (Lipinski definition) is 7. The number of hydrogen-bond donors (Lipinski definition) is 1. The van der Waals surface area contributed by atoms with Crippen LogP contribution in [0.4, 0.5) is 16.2 Å². The van der Waals surface area contributed by atoms with Crippen molar-refractivity contribution in [3.8, 4) is 0 Å². The minimum Gasteiger partial charge on any atom is -0.444 e. The third kappa shape index (κ3) is 7.37. The molecule has 9 nitrogen and oxygen atoms in total. The fourth-order valence-electron chi connectivity index (χ4n) is 4.95. The second kappa shape index (κ2) is 12.2. The maximum atomic E-state index is 13.6. The molecule has 2 aliphatic heterocycles. The van der Waals surface area contributed by atoms with Crippen LogP contribution < -0.4 is 15.1 Å². The van der Waals surface area contributed by atoms with E-state index in [1.165, 1.54) is 11.8 Å². The van der Waals surface area contributed by atoms with Gasteiger partial charge in [0.2, 0.25) is 0 Å². The molecule has 2 fully saturated rings. The fraction of sp³-hybridized carbons (Fsp3) is 0.483.